The summed E-state index contributed by atoms with van der Waals surface area (Å²) in [6.07, 6.45) is 1.21. The van der Waals surface area contributed by atoms with Gasteiger partial charge < -0.3 is 10.1 Å². The number of hydrogen-bond acceptors (Lipinski definition) is 5. The molecule has 2 amide bonds. The number of thioether (sulfide) groups is 1. The molecule has 0 aliphatic carbocycles. The van der Waals surface area contributed by atoms with Crippen LogP contribution < -0.4 is 10.2 Å². The number of ether oxygens (including phenoxy) is 1. The van der Waals surface area contributed by atoms with Crippen LogP contribution in [0.3, 0.4) is 0 Å². The van der Waals surface area contributed by atoms with Crippen LogP contribution in [0.25, 0.3) is 0 Å². The highest BCUT2D eigenvalue weighted by Crippen LogP contribution is 2.34. The highest BCUT2D eigenvalue weighted by atomic mass is 32.2. The number of rotatable bonds is 4. The fraction of sp³-hybridized carbons (Fsp3) is 0.400. The van der Waals surface area contributed by atoms with E-state index in [1.165, 1.54) is 6.07 Å². The summed E-state index contributed by atoms with van der Waals surface area (Å²) in [6.45, 7) is 5.95. The highest BCUT2D eigenvalue weighted by molar-refractivity contribution is 7.99. The summed E-state index contributed by atoms with van der Waals surface area (Å²) >= 11 is 1.46. The largest absolute Gasteiger partial charge is 0.443 e. The van der Waals surface area contributed by atoms with E-state index >= 15 is 0 Å². The third-order valence-corrected chi connectivity index (χ3v) is 5.94. The SMILES string of the molecule is CC(C)(C)OC(=O)N1CCCc2ccc(NC(=O)c3sccc3SC(F)F)cc21. The molecule has 9 heteroatoms. The van der Waals surface area contributed by atoms with Crippen molar-refractivity contribution in [1.82, 2.24) is 0 Å². The van der Waals surface area contributed by atoms with Crippen LogP contribution in [-0.4, -0.2) is 29.9 Å². The molecule has 0 radical (unpaired) electrons. The van der Waals surface area contributed by atoms with Crippen molar-refractivity contribution in [3.8, 4) is 0 Å². The van der Waals surface area contributed by atoms with E-state index < -0.39 is 23.4 Å². The molecular weight excluding hydrogens is 418 g/mol. The Kier molecular flexibility index (Phi) is 6.48. The third kappa shape index (κ3) is 5.48. The number of fused-ring (bicyclic) bond motifs is 1. The molecule has 0 atom stereocenters. The topological polar surface area (TPSA) is 58.6 Å². The number of nitrogens with zero attached hydrogens (tertiary/aromatic N) is 1. The van der Waals surface area contributed by atoms with Gasteiger partial charge in [0.1, 0.15) is 10.5 Å². The molecule has 1 aromatic heterocycles. The van der Waals surface area contributed by atoms with Crippen LogP contribution in [0.1, 0.15) is 42.4 Å². The van der Waals surface area contributed by atoms with Gasteiger partial charge in [-0.1, -0.05) is 17.8 Å². The van der Waals surface area contributed by atoms with Crippen molar-refractivity contribution in [2.75, 3.05) is 16.8 Å². The predicted octanol–water partition coefficient (Wildman–Crippen LogP) is 6.00. The summed E-state index contributed by atoms with van der Waals surface area (Å²) in [5.74, 6) is -3.05. The van der Waals surface area contributed by atoms with Crippen LogP contribution in [0.15, 0.2) is 34.5 Å². The van der Waals surface area contributed by atoms with Gasteiger partial charge in [-0.15, -0.1) is 11.3 Å². The molecule has 0 spiro atoms. The Labute approximate surface area is 176 Å². The van der Waals surface area contributed by atoms with Crippen LogP contribution in [-0.2, 0) is 11.2 Å². The maximum absolute atomic E-state index is 12.7. The zero-order chi connectivity index (χ0) is 21.2. The van der Waals surface area contributed by atoms with E-state index in [1.807, 2.05) is 26.8 Å². The summed E-state index contributed by atoms with van der Waals surface area (Å²) in [5.41, 5.74) is 1.56. The summed E-state index contributed by atoms with van der Waals surface area (Å²) in [5, 5.41) is 4.36. The normalized spacial score (nSPS) is 13.9. The number of benzene rings is 1. The zero-order valence-corrected chi connectivity index (χ0v) is 18.0. The van der Waals surface area contributed by atoms with E-state index in [9.17, 15) is 18.4 Å². The van der Waals surface area contributed by atoms with Crippen molar-refractivity contribution in [3.63, 3.8) is 0 Å². The minimum atomic E-state index is -2.60. The van der Waals surface area contributed by atoms with E-state index in [-0.39, 0.29) is 9.77 Å². The van der Waals surface area contributed by atoms with Gasteiger partial charge in [-0.3, -0.25) is 9.69 Å². The molecule has 0 bridgehead atoms. The Morgan fingerprint density at radius 1 is 1.28 bits per heavy atom. The second-order valence-electron chi connectivity index (χ2n) is 7.53. The summed E-state index contributed by atoms with van der Waals surface area (Å²) in [4.78, 5) is 27.2. The number of carbonyl (C=O) groups is 2. The Hall–Kier alpha value is -2.13. The number of hydrogen-bond donors (Lipinski definition) is 1. The lowest BCUT2D eigenvalue weighted by Gasteiger charge is -2.32. The minimum absolute atomic E-state index is 0.233. The predicted molar refractivity (Wildman–Crippen MR) is 112 cm³/mol. The van der Waals surface area contributed by atoms with Crippen LogP contribution in [0.2, 0.25) is 0 Å². The monoisotopic (exact) mass is 440 g/mol. The van der Waals surface area contributed by atoms with Gasteiger partial charge in [0, 0.05) is 17.1 Å². The van der Waals surface area contributed by atoms with E-state index in [0.717, 1.165) is 29.7 Å². The zero-order valence-electron chi connectivity index (χ0n) is 16.3. The van der Waals surface area contributed by atoms with Gasteiger partial charge in [-0.05, 0) is 62.8 Å². The summed E-state index contributed by atoms with van der Waals surface area (Å²) in [7, 11) is 0. The van der Waals surface area contributed by atoms with Crippen molar-refractivity contribution < 1.29 is 23.1 Å². The number of halogens is 2. The number of amides is 2. The molecule has 3 rings (SSSR count). The second-order valence-corrected chi connectivity index (χ2v) is 9.47. The van der Waals surface area contributed by atoms with Crippen molar-refractivity contribution in [2.45, 2.75) is 49.9 Å². The van der Waals surface area contributed by atoms with Gasteiger partial charge in [0.05, 0.1) is 5.69 Å². The molecule has 1 aromatic carbocycles. The molecule has 0 saturated carbocycles. The molecule has 1 aliphatic heterocycles. The second kappa shape index (κ2) is 8.71. The van der Waals surface area contributed by atoms with Gasteiger partial charge >= 0.3 is 6.09 Å². The van der Waals surface area contributed by atoms with Crippen molar-refractivity contribution >= 4 is 46.5 Å². The first-order valence-corrected chi connectivity index (χ1v) is 10.9. The van der Waals surface area contributed by atoms with Crippen LogP contribution >= 0.6 is 23.1 Å². The summed E-state index contributed by atoms with van der Waals surface area (Å²) in [6, 6.07) is 6.85. The number of thiophene rings is 1. The molecule has 0 saturated heterocycles. The number of carbonyl (C=O) groups excluding carboxylic acids is 2. The molecular formula is C20H22F2N2O3S2. The lowest BCUT2D eigenvalue weighted by atomic mass is 10.0. The average molecular weight is 441 g/mol. The smallest absolute Gasteiger partial charge is 0.414 e. The maximum atomic E-state index is 12.7. The lowest BCUT2D eigenvalue weighted by molar-refractivity contribution is 0.0577. The fourth-order valence-electron chi connectivity index (χ4n) is 3.00. The Morgan fingerprint density at radius 2 is 2.03 bits per heavy atom. The van der Waals surface area contributed by atoms with Gasteiger partial charge in [0.2, 0.25) is 0 Å². The van der Waals surface area contributed by atoms with E-state index in [4.69, 9.17) is 4.74 Å². The van der Waals surface area contributed by atoms with Crippen LogP contribution in [0, 0.1) is 0 Å². The lowest BCUT2D eigenvalue weighted by Crippen LogP contribution is -2.39. The number of aryl methyl sites for hydroxylation is 1. The molecule has 1 aliphatic rings. The number of anilines is 2. The quantitative estimate of drug-likeness (QED) is 0.592. The first-order valence-electron chi connectivity index (χ1n) is 9.11. The molecule has 5 nitrogen and oxygen atoms in total. The average Bonchev–Trinajstić information content (AvgIpc) is 3.07. The molecule has 2 heterocycles. The highest BCUT2D eigenvalue weighted by Gasteiger charge is 2.28. The van der Waals surface area contributed by atoms with Crippen LogP contribution in [0.4, 0.5) is 25.0 Å². The number of alkyl halides is 2. The van der Waals surface area contributed by atoms with Gasteiger partial charge in [0.25, 0.3) is 11.7 Å². The Bertz CT molecular complexity index is 909. The molecule has 156 valence electrons. The first-order chi connectivity index (χ1) is 13.6. The Balaban J connectivity index is 1.81. The standard InChI is InChI=1S/C20H22F2N2O3S2/c1-20(2,3)27-19(26)24-9-4-5-12-6-7-13(11-14(12)24)23-17(25)16-15(8-10-28-16)29-18(21)22/h6-8,10-11,18H,4-5,9H2,1-3H3,(H,23,25). The van der Waals surface area contributed by atoms with E-state index in [2.05, 4.69) is 5.32 Å². The molecule has 0 unspecified atom stereocenters. The van der Waals surface area contributed by atoms with Gasteiger partial charge in [-0.2, -0.15) is 8.78 Å². The van der Waals surface area contributed by atoms with Crippen molar-refractivity contribution in [2.24, 2.45) is 0 Å². The fourth-order valence-corrected chi connectivity index (χ4v) is 4.59. The van der Waals surface area contributed by atoms with E-state index in [0.29, 0.717) is 29.7 Å². The molecule has 0 fully saturated rings. The first kappa shape index (κ1) is 21.6. The van der Waals surface area contributed by atoms with Crippen molar-refractivity contribution in [1.29, 1.82) is 0 Å². The molecule has 29 heavy (non-hydrogen) atoms. The maximum Gasteiger partial charge on any atom is 0.414 e. The third-order valence-electron chi connectivity index (χ3n) is 4.13. The van der Waals surface area contributed by atoms with Crippen molar-refractivity contribution in [3.05, 3.63) is 40.1 Å². The number of nitrogens with one attached hydrogen (secondary N) is 1. The molecule has 1 N–H and O–H groups in total. The van der Waals surface area contributed by atoms with E-state index in [1.54, 1.807) is 22.4 Å². The summed E-state index contributed by atoms with van der Waals surface area (Å²) < 4.78 is 30.9. The van der Waals surface area contributed by atoms with Gasteiger partial charge in [0.15, 0.2) is 0 Å². The molecule has 2 aromatic rings. The minimum Gasteiger partial charge on any atom is -0.443 e. The van der Waals surface area contributed by atoms with Gasteiger partial charge in [-0.25, -0.2) is 4.79 Å². The van der Waals surface area contributed by atoms with Crippen LogP contribution in [0.5, 0.6) is 0 Å². The Morgan fingerprint density at radius 3 is 2.72 bits per heavy atom.